The van der Waals surface area contributed by atoms with E-state index in [1.807, 2.05) is 23.8 Å². The van der Waals surface area contributed by atoms with Gasteiger partial charge in [-0.1, -0.05) is 18.5 Å². The van der Waals surface area contributed by atoms with Crippen molar-refractivity contribution >= 4 is 22.9 Å². The fraction of sp³-hybridized carbons (Fsp3) is 0.273. The van der Waals surface area contributed by atoms with Crippen LogP contribution in [-0.4, -0.2) is 9.55 Å². The van der Waals surface area contributed by atoms with Crippen molar-refractivity contribution in [2.24, 2.45) is 0 Å². The summed E-state index contributed by atoms with van der Waals surface area (Å²) in [5.74, 6) is 0.726. The molecular weight excluding hydrogens is 244 g/mol. The van der Waals surface area contributed by atoms with E-state index in [-0.39, 0.29) is 10.7 Å². The highest BCUT2D eigenvalue weighted by Gasteiger charge is 2.06. The van der Waals surface area contributed by atoms with Gasteiger partial charge < -0.3 is 0 Å². The van der Waals surface area contributed by atoms with Gasteiger partial charge in [0, 0.05) is 12.5 Å². The summed E-state index contributed by atoms with van der Waals surface area (Å²) in [5, 5.41) is 4.29. The van der Waals surface area contributed by atoms with Gasteiger partial charge in [-0.15, -0.1) is 0 Å². The van der Waals surface area contributed by atoms with Crippen LogP contribution in [0.25, 0.3) is 0 Å². The van der Waals surface area contributed by atoms with E-state index in [0.717, 1.165) is 11.4 Å². The van der Waals surface area contributed by atoms with Gasteiger partial charge in [-0.05, 0) is 22.4 Å². The van der Waals surface area contributed by atoms with Crippen LogP contribution < -0.4 is 5.56 Å². The van der Waals surface area contributed by atoms with Crippen LogP contribution in [0.1, 0.15) is 18.3 Å². The molecule has 3 nitrogen and oxygen atoms in total. The third kappa shape index (κ3) is 2.33. The van der Waals surface area contributed by atoms with Gasteiger partial charge >= 0.3 is 0 Å². The Kier molecular flexibility index (Phi) is 3.41. The molecule has 5 heteroatoms. The molecule has 16 heavy (non-hydrogen) atoms. The van der Waals surface area contributed by atoms with Crippen molar-refractivity contribution < 1.29 is 0 Å². The molecule has 0 bridgehead atoms. The minimum absolute atomic E-state index is 0.0944. The lowest BCUT2D eigenvalue weighted by atomic mass is 10.3. The quantitative estimate of drug-likeness (QED) is 0.789. The molecule has 0 unspecified atom stereocenters. The Labute approximate surface area is 102 Å². The molecule has 0 fully saturated rings. The molecule has 0 radical (unpaired) electrons. The van der Waals surface area contributed by atoms with Crippen molar-refractivity contribution in [2.45, 2.75) is 19.9 Å². The summed E-state index contributed by atoms with van der Waals surface area (Å²) in [7, 11) is 0. The van der Waals surface area contributed by atoms with Gasteiger partial charge in [-0.2, -0.15) is 11.3 Å². The van der Waals surface area contributed by atoms with Crippen LogP contribution in [0.5, 0.6) is 0 Å². The molecule has 84 valence electrons. The first kappa shape index (κ1) is 11.4. The van der Waals surface area contributed by atoms with E-state index in [1.165, 1.54) is 6.07 Å². The van der Waals surface area contributed by atoms with E-state index in [4.69, 9.17) is 11.6 Å². The topological polar surface area (TPSA) is 34.9 Å². The van der Waals surface area contributed by atoms with Crippen molar-refractivity contribution in [1.29, 1.82) is 0 Å². The molecule has 0 amide bonds. The molecular formula is C11H11ClN2OS. The molecule has 0 saturated heterocycles. The molecule has 2 rings (SSSR count). The zero-order chi connectivity index (χ0) is 11.5. The van der Waals surface area contributed by atoms with E-state index >= 15 is 0 Å². The van der Waals surface area contributed by atoms with Crippen molar-refractivity contribution in [1.82, 2.24) is 9.55 Å². The molecule has 0 atom stereocenters. The van der Waals surface area contributed by atoms with E-state index in [2.05, 4.69) is 4.98 Å². The smallest absolute Gasteiger partial charge is 0.255 e. The molecule has 0 aromatic carbocycles. The molecule has 0 spiro atoms. The summed E-state index contributed by atoms with van der Waals surface area (Å²) in [5.41, 5.74) is 1.02. The number of halogens is 1. The van der Waals surface area contributed by atoms with Crippen LogP contribution >= 0.6 is 22.9 Å². The van der Waals surface area contributed by atoms with Gasteiger partial charge in [0.15, 0.2) is 0 Å². The molecule has 0 aliphatic rings. The van der Waals surface area contributed by atoms with Crippen LogP contribution in [0.4, 0.5) is 0 Å². The minimum Gasteiger partial charge on any atom is -0.292 e. The number of aromatic nitrogens is 2. The van der Waals surface area contributed by atoms with Gasteiger partial charge in [0.25, 0.3) is 5.56 Å². The first-order chi connectivity index (χ1) is 7.70. The molecule has 0 N–H and O–H groups in total. The number of hydrogen-bond acceptors (Lipinski definition) is 3. The first-order valence-electron chi connectivity index (χ1n) is 4.98. The van der Waals surface area contributed by atoms with Gasteiger partial charge in [0.1, 0.15) is 11.0 Å². The summed E-state index contributed by atoms with van der Waals surface area (Å²) in [6.07, 6.45) is 0.694. The largest absolute Gasteiger partial charge is 0.292 e. The number of aryl methyl sites for hydroxylation is 1. The fourth-order valence-corrected chi connectivity index (χ4v) is 2.38. The number of rotatable bonds is 3. The van der Waals surface area contributed by atoms with Crippen molar-refractivity contribution in [2.75, 3.05) is 0 Å². The van der Waals surface area contributed by atoms with Crippen LogP contribution in [0.2, 0.25) is 5.15 Å². The number of nitrogens with zero attached hydrogens (tertiary/aromatic N) is 2. The zero-order valence-electron chi connectivity index (χ0n) is 8.81. The van der Waals surface area contributed by atoms with E-state index in [0.29, 0.717) is 13.0 Å². The molecule has 0 saturated carbocycles. The summed E-state index contributed by atoms with van der Waals surface area (Å²) in [4.78, 5) is 16.0. The number of hydrogen-bond donors (Lipinski definition) is 0. The molecule has 2 aromatic rings. The summed E-state index contributed by atoms with van der Waals surface area (Å²) < 4.78 is 1.66. The molecule has 0 aliphatic carbocycles. The second-order valence-corrected chi connectivity index (χ2v) is 4.57. The summed E-state index contributed by atoms with van der Waals surface area (Å²) >= 11 is 7.38. The lowest BCUT2D eigenvalue weighted by molar-refractivity contribution is 0.676. The third-order valence-corrected chi connectivity index (χ3v) is 3.22. The molecule has 2 aromatic heterocycles. The van der Waals surface area contributed by atoms with E-state index < -0.39 is 0 Å². The highest BCUT2D eigenvalue weighted by atomic mass is 35.5. The fourth-order valence-electron chi connectivity index (χ4n) is 1.53. The summed E-state index contributed by atoms with van der Waals surface area (Å²) in [6.45, 7) is 2.53. The lowest BCUT2D eigenvalue weighted by Gasteiger charge is -2.09. The standard InChI is InChI=1S/C11H11ClN2OS/c1-2-10-13-9(12)5-11(15)14(10)6-8-3-4-16-7-8/h3-5,7H,2,6H2,1H3. The van der Waals surface area contributed by atoms with Crippen molar-refractivity contribution in [3.05, 3.63) is 49.8 Å². The second-order valence-electron chi connectivity index (χ2n) is 3.40. The van der Waals surface area contributed by atoms with Crippen molar-refractivity contribution in [3.8, 4) is 0 Å². The lowest BCUT2D eigenvalue weighted by Crippen LogP contribution is -2.24. The Bertz CT molecular complexity index is 533. The summed E-state index contributed by atoms with van der Waals surface area (Å²) in [6, 6.07) is 3.36. The predicted molar refractivity (Wildman–Crippen MR) is 66.3 cm³/mol. The van der Waals surface area contributed by atoms with E-state index in [1.54, 1.807) is 15.9 Å². The monoisotopic (exact) mass is 254 g/mol. The highest BCUT2D eigenvalue weighted by molar-refractivity contribution is 7.07. The van der Waals surface area contributed by atoms with Crippen LogP contribution in [0.3, 0.4) is 0 Å². The zero-order valence-corrected chi connectivity index (χ0v) is 10.4. The average Bonchev–Trinajstić information content (AvgIpc) is 2.74. The first-order valence-corrected chi connectivity index (χ1v) is 6.30. The van der Waals surface area contributed by atoms with Gasteiger partial charge in [-0.3, -0.25) is 9.36 Å². The minimum atomic E-state index is -0.0944. The second kappa shape index (κ2) is 4.80. The van der Waals surface area contributed by atoms with E-state index in [9.17, 15) is 4.79 Å². The average molecular weight is 255 g/mol. The Balaban J connectivity index is 2.43. The van der Waals surface area contributed by atoms with Crippen LogP contribution in [0.15, 0.2) is 27.7 Å². The van der Waals surface area contributed by atoms with Gasteiger partial charge in [0.05, 0.1) is 6.54 Å². The maximum Gasteiger partial charge on any atom is 0.255 e. The van der Waals surface area contributed by atoms with Crippen LogP contribution in [0, 0.1) is 0 Å². The Hall–Kier alpha value is -1.13. The van der Waals surface area contributed by atoms with Gasteiger partial charge in [-0.25, -0.2) is 4.98 Å². The predicted octanol–water partition coefficient (Wildman–Crippen LogP) is 2.57. The highest BCUT2D eigenvalue weighted by Crippen LogP contribution is 2.09. The Morgan fingerprint density at radius 1 is 1.56 bits per heavy atom. The normalized spacial score (nSPS) is 10.6. The third-order valence-electron chi connectivity index (χ3n) is 2.29. The SMILES string of the molecule is CCc1nc(Cl)cc(=O)n1Cc1ccsc1. The van der Waals surface area contributed by atoms with Crippen molar-refractivity contribution in [3.63, 3.8) is 0 Å². The Morgan fingerprint density at radius 2 is 2.38 bits per heavy atom. The molecule has 2 heterocycles. The maximum atomic E-state index is 11.8. The van der Waals surface area contributed by atoms with Crippen LogP contribution in [-0.2, 0) is 13.0 Å². The molecule has 0 aliphatic heterocycles. The van der Waals surface area contributed by atoms with Gasteiger partial charge in [0.2, 0.25) is 0 Å². The Morgan fingerprint density at radius 3 is 3.00 bits per heavy atom. The number of thiophene rings is 1. The maximum absolute atomic E-state index is 11.8.